The number of nitrogens with zero attached hydrogens (tertiary/aromatic N) is 4. The number of hydrogen-bond donors (Lipinski definition) is 0. The lowest BCUT2D eigenvalue weighted by Crippen LogP contribution is -2.52. The third-order valence-corrected chi connectivity index (χ3v) is 5.27. The number of ether oxygens (including phenoxy) is 1. The molecule has 1 aromatic heterocycles. The van der Waals surface area contributed by atoms with Crippen LogP contribution in [0.15, 0.2) is 30.6 Å². The molecule has 150 valence electrons. The molecule has 1 aliphatic heterocycles. The molecule has 0 bridgehead atoms. The molecule has 6 nitrogen and oxygen atoms in total. The zero-order valence-electron chi connectivity index (χ0n) is 16.7. The van der Waals surface area contributed by atoms with Crippen LogP contribution >= 0.6 is 11.6 Å². The lowest BCUT2D eigenvalue weighted by atomic mass is 10.0. The predicted molar refractivity (Wildman–Crippen MR) is 110 cm³/mol. The number of likely N-dealkylation sites (N-methyl/N-ethyl adjacent to an activating group) is 2. The third kappa shape index (κ3) is 5.74. The Balaban J connectivity index is 1.64. The van der Waals surface area contributed by atoms with Crippen LogP contribution in [0.25, 0.3) is 0 Å². The van der Waals surface area contributed by atoms with Gasteiger partial charge in [0.25, 0.3) is 0 Å². The molecule has 0 N–H and O–H groups in total. The summed E-state index contributed by atoms with van der Waals surface area (Å²) in [7, 11) is 4.25. The maximum absolute atomic E-state index is 12.5. The van der Waals surface area contributed by atoms with Gasteiger partial charge in [0.15, 0.2) is 0 Å². The van der Waals surface area contributed by atoms with Gasteiger partial charge in [0.05, 0.1) is 23.9 Å². The first-order chi connectivity index (χ1) is 13.4. The molecule has 0 saturated carbocycles. The molecule has 0 aliphatic carbocycles. The van der Waals surface area contributed by atoms with Gasteiger partial charge in [-0.25, -0.2) is 0 Å². The van der Waals surface area contributed by atoms with Crippen molar-refractivity contribution in [1.29, 1.82) is 0 Å². The summed E-state index contributed by atoms with van der Waals surface area (Å²) in [5.74, 6) is 0.772. The second-order valence-corrected chi connectivity index (χ2v) is 7.94. The topological polar surface area (TPSA) is 58.6 Å². The van der Waals surface area contributed by atoms with Gasteiger partial charge < -0.3 is 9.64 Å². The van der Waals surface area contributed by atoms with Crippen molar-refractivity contribution in [3.63, 3.8) is 0 Å². The van der Waals surface area contributed by atoms with Crippen LogP contribution in [0, 0.1) is 6.92 Å². The van der Waals surface area contributed by atoms with Crippen molar-refractivity contribution >= 4 is 17.4 Å². The van der Waals surface area contributed by atoms with Crippen molar-refractivity contribution in [2.75, 3.05) is 40.3 Å². The summed E-state index contributed by atoms with van der Waals surface area (Å²) in [6.07, 6.45) is 3.83. The summed E-state index contributed by atoms with van der Waals surface area (Å²) in [4.78, 5) is 25.6. The van der Waals surface area contributed by atoms with Crippen molar-refractivity contribution in [3.8, 4) is 5.75 Å². The fourth-order valence-electron chi connectivity index (χ4n) is 3.28. The maximum atomic E-state index is 12.5. The number of piperazine rings is 1. The molecule has 1 aliphatic rings. The van der Waals surface area contributed by atoms with E-state index < -0.39 is 0 Å². The molecule has 2 heterocycles. The fourth-order valence-corrected chi connectivity index (χ4v) is 3.48. The molecule has 1 aromatic carbocycles. The van der Waals surface area contributed by atoms with Crippen LogP contribution in [0.3, 0.4) is 0 Å². The first-order valence-corrected chi connectivity index (χ1v) is 9.87. The van der Waals surface area contributed by atoms with Gasteiger partial charge in [-0.1, -0.05) is 11.6 Å². The molecule has 7 heteroatoms. The van der Waals surface area contributed by atoms with E-state index in [-0.39, 0.29) is 18.6 Å². The Morgan fingerprint density at radius 1 is 1.21 bits per heavy atom. The molecular formula is C21H27ClN4O2. The normalized spacial score (nSPS) is 18.2. The minimum absolute atomic E-state index is 0.0554. The van der Waals surface area contributed by atoms with Gasteiger partial charge >= 0.3 is 0 Å². The number of halogens is 1. The number of aryl methyl sites for hydroxylation is 1. The highest BCUT2D eigenvalue weighted by Gasteiger charge is 2.23. The lowest BCUT2D eigenvalue weighted by Gasteiger charge is -2.37. The van der Waals surface area contributed by atoms with Crippen LogP contribution < -0.4 is 4.74 Å². The minimum Gasteiger partial charge on any atom is -0.492 e. The summed E-state index contributed by atoms with van der Waals surface area (Å²) < 4.78 is 6.11. The van der Waals surface area contributed by atoms with E-state index in [9.17, 15) is 4.79 Å². The highest BCUT2D eigenvalue weighted by Crippen LogP contribution is 2.25. The Kier molecular flexibility index (Phi) is 6.99. The van der Waals surface area contributed by atoms with E-state index in [4.69, 9.17) is 16.3 Å². The van der Waals surface area contributed by atoms with Crippen molar-refractivity contribution in [1.82, 2.24) is 19.8 Å². The zero-order chi connectivity index (χ0) is 20.1. The largest absolute Gasteiger partial charge is 0.492 e. The Morgan fingerprint density at radius 3 is 2.79 bits per heavy atom. The van der Waals surface area contributed by atoms with Gasteiger partial charge in [-0.15, -0.1) is 0 Å². The van der Waals surface area contributed by atoms with E-state index in [1.54, 1.807) is 18.5 Å². The van der Waals surface area contributed by atoms with Gasteiger partial charge in [-0.3, -0.25) is 19.7 Å². The van der Waals surface area contributed by atoms with E-state index in [1.165, 1.54) is 0 Å². The monoisotopic (exact) mass is 402 g/mol. The highest BCUT2D eigenvalue weighted by molar-refractivity contribution is 6.30. The molecule has 1 unspecified atom stereocenters. The molecule has 0 amide bonds. The Morgan fingerprint density at radius 2 is 2.04 bits per heavy atom. The van der Waals surface area contributed by atoms with Crippen LogP contribution in [-0.4, -0.2) is 71.9 Å². The molecule has 1 atom stereocenters. The number of hydrogen-bond acceptors (Lipinski definition) is 6. The summed E-state index contributed by atoms with van der Waals surface area (Å²) in [6.45, 7) is 5.50. The Hall–Kier alpha value is -2.02. The fraction of sp³-hybridized carbons (Fsp3) is 0.476. The van der Waals surface area contributed by atoms with Gasteiger partial charge in [-0.05, 0) is 39.2 Å². The SMILES string of the molecule is Cc1cnc(CC(=O)Cc2cc(Cl)ccc2OCC2CN(C)CCN2C)cn1. The maximum Gasteiger partial charge on any atom is 0.143 e. The number of Topliss-reactive ketones (excluding diaryl/α,β-unsaturated/α-hetero) is 1. The summed E-state index contributed by atoms with van der Waals surface area (Å²) in [5, 5.41) is 0.597. The van der Waals surface area contributed by atoms with Gasteiger partial charge in [0.2, 0.25) is 0 Å². The van der Waals surface area contributed by atoms with E-state index in [0.29, 0.717) is 23.4 Å². The molecule has 1 fully saturated rings. The van der Waals surface area contributed by atoms with Crippen LogP contribution in [0.5, 0.6) is 5.75 Å². The number of benzene rings is 1. The number of rotatable bonds is 7. The van der Waals surface area contributed by atoms with Crippen molar-refractivity contribution < 1.29 is 9.53 Å². The summed E-state index contributed by atoms with van der Waals surface area (Å²) in [5.41, 5.74) is 2.32. The number of carbonyl (C=O) groups is 1. The molecule has 0 spiro atoms. The van der Waals surface area contributed by atoms with Crippen LogP contribution in [0.1, 0.15) is 17.0 Å². The lowest BCUT2D eigenvalue weighted by molar-refractivity contribution is -0.117. The van der Waals surface area contributed by atoms with Crippen molar-refractivity contribution in [3.05, 3.63) is 52.6 Å². The van der Waals surface area contributed by atoms with Gasteiger partial charge in [-0.2, -0.15) is 0 Å². The minimum atomic E-state index is 0.0554. The van der Waals surface area contributed by atoms with E-state index in [2.05, 4.69) is 33.9 Å². The average molecular weight is 403 g/mol. The van der Waals surface area contributed by atoms with E-state index >= 15 is 0 Å². The zero-order valence-corrected chi connectivity index (χ0v) is 17.4. The van der Waals surface area contributed by atoms with Crippen LogP contribution in [0.2, 0.25) is 5.02 Å². The Bertz CT molecular complexity index is 813. The Labute approximate surface area is 171 Å². The predicted octanol–water partition coefficient (Wildman–Crippen LogP) is 2.42. The second-order valence-electron chi connectivity index (χ2n) is 7.50. The molecule has 0 radical (unpaired) electrons. The van der Waals surface area contributed by atoms with Crippen LogP contribution in [-0.2, 0) is 17.6 Å². The standard InChI is InChI=1S/C21H27ClN4O2/c1-15-11-24-18(12-23-15)10-20(27)9-16-8-17(22)4-5-21(16)28-14-19-13-25(2)6-7-26(19)3/h4-5,8,11-12,19H,6-7,9-10,13-14H2,1-3H3. The average Bonchev–Trinajstić information content (AvgIpc) is 2.65. The van der Waals surface area contributed by atoms with Gasteiger partial charge in [0, 0.05) is 49.0 Å². The molecule has 28 heavy (non-hydrogen) atoms. The highest BCUT2D eigenvalue weighted by atomic mass is 35.5. The van der Waals surface area contributed by atoms with Crippen LogP contribution in [0.4, 0.5) is 0 Å². The van der Waals surface area contributed by atoms with Crippen molar-refractivity contribution in [2.45, 2.75) is 25.8 Å². The molecule has 3 rings (SSSR count). The summed E-state index contributed by atoms with van der Waals surface area (Å²) >= 11 is 6.16. The number of carbonyl (C=O) groups excluding carboxylic acids is 1. The quantitative estimate of drug-likeness (QED) is 0.708. The van der Waals surface area contributed by atoms with Crippen molar-refractivity contribution in [2.24, 2.45) is 0 Å². The smallest absolute Gasteiger partial charge is 0.143 e. The summed E-state index contributed by atoms with van der Waals surface area (Å²) in [6, 6.07) is 5.78. The van der Waals surface area contributed by atoms with E-state index in [1.807, 2.05) is 19.1 Å². The second kappa shape index (κ2) is 9.45. The first kappa shape index (κ1) is 20.7. The number of ketones is 1. The molecule has 1 saturated heterocycles. The first-order valence-electron chi connectivity index (χ1n) is 9.50. The molecule has 2 aromatic rings. The molecular weight excluding hydrogens is 376 g/mol. The van der Waals surface area contributed by atoms with Gasteiger partial charge in [0.1, 0.15) is 18.1 Å². The number of aromatic nitrogens is 2. The van der Waals surface area contributed by atoms with E-state index in [0.717, 1.165) is 36.6 Å². The third-order valence-electron chi connectivity index (χ3n) is 5.03.